The number of methoxy groups -OCH3 is 1. The van der Waals surface area contributed by atoms with Gasteiger partial charge in [0.15, 0.2) is 0 Å². The third-order valence-electron chi connectivity index (χ3n) is 4.54. The van der Waals surface area contributed by atoms with Crippen LogP contribution in [0.25, 0.3) is 0 Å². The number of fused-ring (bicyclic) bond motifs is 1. The lowest BCUT2D eigenvalue weighted by Gasteiger charge is -2.16. The monoisotopic (exact) mass is 375 g/mol. The van der Waals surface area contributed by atoms with Crippen LogP contribution in [0.1, 0.15) is 25.0 Å². The van der Waals surface area contributed by atoms with Crippen molar-refractivity contribution in [2.24, 2.45) is 0 Å². The number of hydrogen-bond acceptors (Lipinski definition) is 5. The smallest absolute Gasteiger partial charge is 0.292 e. The molecular weight excluding hydrogens is 358 g/mol. The fourth-order valence-corrected chi connectivity index (χ4v) is 3.12. The summed E-state index contributed by atoms with van der Waals surface area (Å²) in [7, 11) is 1.53. The first-order chi connectivity index (χ1) is 12.2. The summed E-state index contributed by atoms with van der Waals surface area (Å²) in [6.07, 6.45) is 0. The number of benzene rings is 2. The lowest BCUT2D eigenvalue weighted by molar-refractivity contribution is -0.384. The summed E-state index contributed by atoms with van der Waals surface area (Å²) in [6.45, 7) is 3.78. The Morgan fingerprint density at radius 3 is 2.69 bits per heavy atom. The van der Waals surface area contributed by atoms with E-state index in [0.717, 1.165) is 5.56 Å². The van der Waals surface area contributed by atoms with E-state index in [9.17, 15) is 14.9 Å². The summed E-state index contributed by atoms with van der Waals surface area (Å²) in [6, 6.07) is 8.24. The van der Waals surface area contributed by atoms with E-state index in [1.54, 1.807) is 38.1 Å². The number of hydrogen-bond donors (Lipinski definition) is 2. The number of carbonyl (C=O) groups is 1. The highest BCUT2D eigenvalue weighted by molar-refractivity contribution is 6.30. The number of rotatable bonds is 5. The highest BCUT2D eigenvalue weighted by Gasteiger charge is 2.40. The second-order valence-corrected chi connectivity index (χ2v) is 7.00. The second-order valence-electron chi connectivity index (χ2n) is 6.56. The van der Waals surface area contributed by atoms with E-state index in [2.05, 4.69) is 10.6 Å². The molecule has 1 amide bonds. The molecule has 0 fully saturated rings. The Morgan fingerprint density at radius 2 is 2.04 bits per heavy atom. The minimum atomic E-state index is -0.808. The van der Waals surface area contributed by atoms with E-state index in [0.29, 0.717) is 34.3 Å². The highest BCUT2D eigenvalue weighted by Crippen LogP contribution is 2.42. The third-order valence-corrected chi connectivity index (χ3v) is 4.78. The fourth-order valence-electron chi connectivity index (χ4n) is 2.96. The molecule has 0 bridgehead atoms. The Kier molecular flexibility index (Phi) is 4.50. The molecule has 2 N–H and O–H groups in total. The van der Waals surface area contributed by atoms with Crippen molar-refractivity contribution in [1.29, 1.82) is 0 Å². The third kappa shape index (κ3) is 3.06. The summed E-state index contributed by atoms with van der Waals surface area (Å²) in [5.74, 6) is 0.404. The minimum Gasteiger partial charge on any atom is -0.496 e. The maximum Gasteiger partial charge on any atom is 0.292 e. The quantitative estimate of drug-likeness (QED) is 0.606. The highest BCUT2D eigenvalue weighted by atomic mass is 35.5. The van der Waals surface area contributed by atoms with Gasteiger partial charge in [0.2, 0.25) is 5.91 Å². The summed E-state index contributed by atoms with van der Waals surface area (Å²) < 4.78 is 5.29. The Balaban J connectivity index is 1.95. The molecule has 0 atom stereocenters. The van der Waals surface area contributed by atoms with E-state index in [1.807, 2.05) is 0 Å². The number of nitro benzene ring substituents is 1. The molecule has 8 heteroatoms. The molecule has 0 spiro atoms. The number of nitrogens with one attached hydrogen (secondary N) is 2. The van der Waals surface area contributed by atoms with Crippen LogP contribution in [0.2, 0.25) is 5.02 Å². The molecular formula is C18H18ClN3O4. The lowest BCUT2D eigenvalue weighted by Crippen LogP contribution is -2.26. The van der Waals surface area contributed by atoms with E-state index >= 15 is 0 Å². The van der Waals surface area contributed by atoms with Gasteiger partial charge in [0, 0.05) is 28.9 Å². The number of nitro groups is 1. The van der Waals surface area contributed by atoms with Crippen LogP contribution in [-0.2, 0) is 16.8 Å². The van der Waals surface area contributed by atoms with Crippen molar-refractivity contribution in [2.75, 3.05) is 17.7 Å². The largest absolute Gasteiger partial charge is 0.496 e. The number of amides is 1. The van der Waals surface area contributed by atoms with Gasteiger partial charge >= 0.3 is 0 Å². The van der Waals surface area contributed by atoms with Crippen molar-refractivity contribution < 1.29 is 14.5 Å². The number of nitrogens with zero attached hydrogens (tertiary/aromatic N) is 1. The van der Waals surface area contributed by atoms with E-state index in [-0.39, 0.29) is 11.6 Å². The van der Waals surface area contributed by atoms with Crippen LogP contribution in [0.3, 0.4) is 0 Å². The zero-order chi connectivity index (χ0) is 19.1. The summed E-state index contributed by atoms with van der Waals surface area (Å²) >= 11 is 5.95. The van der Waals surface area contributed by atoms with Crippen molar-refractivity contribution in [3.05, 3.63) is 56.6 Å². The SMILES string of the molecule is COc1cc(Cl)ccc1CNc1cc2c(cc1[N+](=O)[O-])C(C)(C)C(=O)N2. The molecule has 1 heterocycles. The molecule has 136 valence electrons. The van der Waals surface area contributed by atoms with Crippen molar-refractivity contribution in [2.45, 2.75) is 25.8 Å². The first-order valence-corrected chi connectivity index (χ1v) is 8.32. The van der Waals surface area contributed by atoms with Gasteiger partial charge in [0.25, 0.3) is 5.69 Å². The average Bonchev–Trinajstić information content (AvgIpc) is 2.81. The van der Waals surface area contributed by atoms with Gasteiger partial charge in [-0.3, -0.25) is 14.9 Å². The predicted molar refractivity (Wildman–Crippen MR) is 100 cm³/mol. The number of anilines is 2. The van der Waals surface area contributed by atoms with Crippen LogP contribution in [-0.4, -0.2) is 17.9 Å². The van der Waals surface area contributed by atoms with Gasteiger partial charge in [-0.25, -0.2) is 0 Å². The molecule has 3 rings (SSSR count). The van der Waals surface area contributed by atoms with E-state index in [4.69, 9.17) is 16.3 Å². The van der Waals surface area contributed by atoms with Gasteiger partial charge in [0.05, 0.1) is 17.4 Å². The number of halogens is 1. The molecule has 0 aliphatic carbocycles. The first-order valence-electron chi connectivity index (χ1n) is 7.94. The molecule has 7 nitrogen and oxygen atoms in total. The number of ether oxygens (including phenoxy) is 1. The Hall–Kier alpha value is -2.80. The van der Waals surface area contributed by atoms with E-state index in [1.165, 1.54) is 13.2 Å². The summed E-state index contributed by atoms with van der Waals surface area (Å²) in [4.78, 5) is 23.2. The van der Waals surface area contributed by atoms with Crippen LogP contribution < -0.4 is 15.4 Å². The Bertz CT molecular complexity index is 912. The molecule has 1 aliphatic rings. The van der Waals surface area contributed by atoms with Crippen LogP contribution in [0.15, 0.2) is 30.3 Å². The Labute approximate surface area is 155 Å². The molecule has 2 aromatic rings. The minimum absolute atomic E-state index is 0.0822. The van der Waals surface area contributed by atoms with Crippen LogP contribution in [0.4, 0.5) is 17.1 Å². The zero-order valence-electron chi connectivity index (χ0n) is 14.6. The summed E-state index contributed by atoms with van der Waals surface area (Å²) in [5, 5.41) is 17.9. The van der Waals surface area contributed by atoms with E-state index < -0.39 is 10.3 Å². The maximum atomic E-state index is 12.1. The van der Waals surface area contributed by atoms with Gasteiger partial charge in [-0.05, 0) is 37.6 Å². The molecule has 26 heavy (non-hydrogen) atoms. The lowest BCUT2D eigenvalue weighted by atomic mass is 9.86. The molecule has 2 aromatic carbocycles. The van der Waals surface area contributed by atoms with Crippen molar-refractivity contribution in [1.82, 2.24) is 0 Å². The summed E-state index contributed by atoms with van der Waals surface area (Å²) in [5.41, 5.74) is 1.43. The topological polar surface area (TPSA) is 93.5 Å². The van der Waals surface area contributed by atoms with Crippen molar-refractivity contribution in [3.63, 3.8) is 0 Å². The second kappa shape index (κ2) is 6.49. The fraction of sp³-hybridized carbons (Fsp3) is 0.278. The van der Waals surface area contributed by atoms with Crippen LogP contribution in [0, 0.1) is 10.1 Å². The van der Waals surface area contributed by atoms with Crippen LogP contribution in [0.5, 0.6) is 5.75 Å². The first kappa shape index (κ1) is 18.0. The predicted octanol–water partition coefficient (Wildman–Crippen LogP) is 4.10. The molecule has 0 aromatic heterocycles. The van der Waals surface area contributed by atoms with Gasteiger partial charge in [-0.1, -0.05) is 17.7 Å². The van der Waals surface area contributed by atoms with Gasteiger partial charge < -0.3 is 15.4 Å². The maximum absolute atomic E-state index is 12.1. The molecule has 0 saturated carbocycles. The molecule has 0 radical (unpaired) electrons. The van der Waals surface area contributed by atoms with Gasteiger partial charge in [0.1, 0.15) is 11.4 Å². The molecule has 0 unspecified atom stereocenters. The molecule has 0 saturated heterocycles. The molecule has 1 aliphatic heterocycles. The van der Waals surface area contributed by atoms with Crippen molar-refractivity contribution >= 4 is 34.6 Å². The van der Waals surface area contributed by atoms with Gasteiger partial charge in [-0.15, -0.1) is 0 Å². The standard InChI is InChI=1S/C18H18ClN3O4/c1-18(2)12-7-15(22(24)25)14(8-13(12)21-17(18)23)20-9-10-4-5-11(19)6-16(10)26-3/h4-8,20H,9H2,1-3H3,(H,21,23). The normalized spacial score (nSPS) is 14.5. The zero-order valence-corrected chi connectivity index (χ0v) is 15.3. The van der Waals surface area contributed by atoms with Crippen LogP contribution >= 0.6 is 11.6 Å². The number of carbonyl (C=O) groups excluding carboxylic acids is 1. The Morgan fingerprint density at radius 1 is 1.31 bits per heavy atom. The average molecular weight is 376 g/mol. The van der Waals surface area contributed by atoms with Crippen molar-refractivity contribution in [3.8, 4) is 5.75 Å². The van der Waals surface area contributed by atoms with Gasteiger partial charge in [-0.2, -0.15) is 0 Å².